The molecule has 0 aliphatic heterocycles. The minimum absolute atomic E-state index is 0. The number of hydrogen-bond acceptors (Lipinski definition) is 2. The van der Waals surface area contributed by atoms with Gasteiger partial charge in [0.1, 0.15) is 11.5 Å². The van der Waals surface area contributed by atoms with Crippen molar-refractivity contribution in [2.75, 3.05) is 0 Å². The van der Waals surface area contributed by atoms with Gasteiger partial charge in [-0.05, 0) is 69.4 Å². The van der Waals surface area contributed by atoms with Crippen molar-refractivity contribution in [1.82, 2.24) is 0 Å². The van der Waals surface area contributed by atoms with Gasteiger partial charge in [-0.1, -0.05) is 24.3 Å². The molecule has 0 fully saturated rings. The first-order valence-electron chi connectivity index (χ1n) is 4.48. The molecule has 0 radical (unpaired) electrons. The number of hydrogen-bond donors (Lipinski definition) is 2. The van der Waals surface area contributed by atoms with Crippen LogP contribution in [0.2, 0.25) is 0 Å². The van der Waals surface area contributed by atoms with E-state index in [0.717, 1.165) is 7.14 Å². The molecular formula is C12H10Cl2I2O2Zr. The molecule has 2 nitrogen and oxygen atoms in total. The van der Waals surface area contributed by atoms with E-state index in [9.17, 15) is 0 Å². The van der Waals surface area contributed by atoms with Crippen molar-refractivity contribution in [3.8, 4) is 11.5 Å². The smallest absolute Gasteiger partial charge is 1.00 e. The van der Waals surface area contributed by atoms with E-state index < -0.39 is 0 Å². The Morgan fingerprint density at radius 1 is 0.632 bits per heavy atom. The predicted molar refractivity (Wildman–Crippen MR) is 81.6 cm³/mol. The Morgan fingerprint density at radius 2 is 0.895 bits per heavy atom. The minimum Gasteiger partial charge on any atom is -1.00 e. The zero-order valence-corrected chi connectivity index (χ0v) is 17.8. The van der Waals surface area contributed by atoms with Crippen LogP contribution in [0.4, 0.5) is 0 Å². The monoisotopic (exact) mass is 600 g/mol. The molecule has 2 aromatic rings. The van der Waals surface area contributed by atoms with Gasteiger partial charge in [-0.15, -0.1) is 0 Å². The molecule has 0 amide bonds. The van der Waals surface area contributed by atoms with Crippen LogP contribution in [0.3, 0.4) is 0 Å². The normalized spacial score (nSPS) is 7.68. The van der Waals surface area contributed by atoms with Gasteiger partial charge in [0.05, 0.1) is 7.14 Å². The molecule has 2 rings (SSSR count). The van der Waals surface area contributed by atoms with Gasteiger partial charge in [0.2, 0.25) is 0 Å². The molecule has 0 saturated heterocycles. The molecule has 0 aliphatic carbocycles. The third-order valence-electron chi connectivity index (χ3n) is 1.70. The van der Waals surface area contributed by atoms with Gasteiger partial charge in [0.15, 0.2) is 0 Å². The Balaban J connectivity index is -0.000000233. The van der Waals surface area contributed by atoms with Gasteiger partial charge >= 0.3 is 26.2 Å². The number of halogens is 4. The maximum atomic E-state index is 8.91. The summed E-state index contributed by atoms with van der Waals surface area (Å²) < 4.78 is 1.79. The summed E-state index contributed by atoms with van der Waals surface area (Å²) in [4.78, 5) is 0. The summed E-state index contributed by atoms with van der Waals surface area (Å²) in [5.41, 5.74) is 0. The van der Waals surface area contributed by atoms with E-state index in [1.807, 2.05) is 24.3 Å². The third kappa shape index (κ3) is 10.3. The summed E-state index contributed by atoms with van der Waals surface area (Å²) in [6, 6.07) is 14.4. The van der Waals surface area contributed by atoms with Crippen LogP contribution in [-0.2, 0) is 26.2 Å². The molecule has 7 heteroatoms. The summed E-state index contributed by atoms with van der Waals surface area (Å²) in [5, 5.41) is 17.8. The zero-order valence-electron chi connectivity index (χ0n) is 9.53. The molecule has 0 bridgehead atoms. The SMILES string of the molecule is Oc1ccccc1I.Oc1ccccc1I.[Cl-].[Cl-].[Zr+2]. The Bertz CT molecular complexity index is 387. The summed E-state index contributed by atoms with van der Waals surface area (Å²) in [7, 11) is 0. The van der Waals surface area contributed by atoms with Crippen LogP contribution < -0.4 is 24.8 Å². The molecular weight excluding hydrogens is 592 g/mol. The molecule has 102 valence electrons. The van der Waals surface area contributed by atoms with E-state index >= 15 is 0 Å². The summed E-state index contributed by atoms with van der Waals surface area (Å²) in [6.45, 7) is 0. The molecule has 0 heterocycles. The van der Waals surface area contributed by atoms with Crippen molar-refractivity contribution < 1.29 is 61.2 Å². The second-order valence-corrected chi connectivity index (χ2v) is 5.23. The number of aromatic hydroxyl groups is 2. The van der Waals surface area contributed by atoms with Crippen molar-refractivity contribution in [1.29, 1.82) is 0 Å². The van der Waals surface area contributed by atoms with Crippen LogP contribution in [0.25, 0.3) is 0 Å². The Morgan fingerprint density at radius 3 is 1.05 bits per heavy atom. The second-order valence-electron chi connectivity index (χ2n) is 2.90. The molecule has 0 aromatic heterocycles. The first kappa shape index (κ1) is 24.9. The minimum atomic E-state index is 0. The number of phenols is 2. The number of rotatable bonds is 0. The number of benzene rings is 2. The standard InChI is InChI=1S/2C6H5IO.2ClH.Zr/c2*7-5-3-1-2-4-6(5)8;;;/h2*1-4,8H;2*1H;/q;;;;+2/p-2. The van der Waals surface area contributed by atoms with Gasteiger partial charge < -0.3 is 35.0 Å². The zero-order chi connectivity index (χ0) is 12.0. The van der Waals surface area contributed by atoms with Crippen LogP contribution in [-0.4, -0.2) is 10.2 Å². The van der Waals surface area contributed by atoms with Crippen LogP contribution in [0.1, 0.15) is 0 Å². The largest absolute Gasteiger partial charge is 2.00 e. The average molecular weight is 602 g/mol. The second kappa shape index (κ2) is 13.9. The van der Waals surface area contributed by atoms with Crippen molar-refractivity contribution in [3.63, 3.8) is 0 Å². The van der Waals surface area contributed by atoms with E-state index in [1.165, 1.54) is 0 Å². The fraction of sp³-hybridized carbons (Fsp3) is 0. The number of phenolic OH excluding ortho intramolecular Hbond substituents is 2. The van der Waals surface area contributed by atoms with Gasteiger partial charge in [-0.25, -0.2) is 0 Å². The molecule has 0 aliphatic rings. The van der Waals surface area contributed by atoms with Gasteiger partial charge in [0.25, 0.3) is 0 Å². The fourth-order valence-corrected chi connectivity index (χ4v) is 1.68. The molecule has 0 spiro atoms. The summed E-state index contributed by atoms with van der Waals surface area (Å²) in [5.74, 6) is 0.709. The fourth-order valence-electron chi connectivity index (χ4n) is 0.903. The van der Waals surface area contributed by atoms with Gasteiger partial charge in [-0.3, -0.25) is 0 Å². The molecule has 2 N–H and O–H groups in total. The van der Waals surface area contributed by atoms with Crippen molar-refractivity contribution in [2.45, 2.75) is 0 Å². The van der Waals surface area contributed by atoms with E-state index in [-0.39, 0.29) is 51.0 Å². The third-order valence-corrected chi connectivity index (χ3v) is 3.53. The maximum absolute atomic E-state index is 8.91. The predicted octanol–water partition coefficient (Wildman–Crippen LogP) is -2.00. The quantitative estimate of drug-likeness (QED) is 0.343. The van der Waals surface area contributed by atoms with Crippen LogP contribution >= 0.6 is 45.2 Å². The van der Waals surface area contributed by atoms with Crippen LogP contribution in [0, 0.1) is 7.14 Å². The maximum Gasteiger partial charge on any atom is 2.00 e. The van der Waals surface area contributed by atoms with Crippen molar-refractivity contribution >= 4 is 45.2 Å². The Hall–Kier alpha value is 0.963. The van der Waals surface area contributed by atoms with Gasteiger partial charge in [0, 0.05) is 0 Å². The van der Waals surface area contributed by atoms with E-state index in [1.54, 1.807) is 24.3 Å². The summed E-state index contributed by atoms with van der Waals surface area (Å²) in [6.07, 6.45) is 0. The number of para-hydroxylation sites is 2. The molecule has 0 atom stereocenters. The van der Waals surface area contributed by atoms with Gasteiger partial charge in [-0.2, -0.15) is 0 Å². The van der Waals surface area contributed by atoms with E-state index in [2.05, 4.69) is 45.2 Å². The van der Waals surface area contributed by atoms with Crippen LogP contribution in [0.5, 0.6) is 11.5 Å². The van der Waals surface area contributed by atoms with E-state index in [4.69, 9.17) is 10.2 Å². The average Bonchev–Trinajstić information content (AvgIpc) is 2.28. The molecule has 0 unspecified atom stereocenters. The Kier molecular flexibility index (Phi) is 18.3. The van der Waals surface area contributed by atoms with E-state index in [0.29, 0.717) is 11.5 Å². The first-order valence-corrected chi connectivity index (χ1v) is 6.64. The Labute approximate surface area is 171 Å². The molecule has 19 heavy (non-hydrogen) atoms. The first-order chi connectivity index (χ1) is 7.61. The molecule has 0 saturated carbocycles. The van der Waals surface area contributed by atoms with Crippen molar-refractivity contribution in [2.24, 2.45) is 0 Å². The summed E-state index contributed by atoms with van der Waals surface area (Å²) >= 11 is 4.15. The van der Waals surface area contributed by atoms with Crippen molar-refractivity contribution in [3.05, 3.63) is 55.7 Å². The van der Waals surface area contributed by atoms with Crippen LogP contribution in [0.15, 0.2) is 48.5 Å². The molecule has 2 aromatic carbocycles. The topological polar surface area (TPSA) is 40.5 Å².